The van der Waals surface area contributed by atoms with Crippen LogP contribution in [0.15, 0.2) is 5.18 Å². The molecule has 7 unspecified atom stereocenters. The topological polar surface area (TPSA) is 82.0 Å². The average molecular weight is 434 g/mol. The molecule has 6 nitrogen and oxygen atoms in total. The molecule has 0 heterocycles. The Kier molecular flexibility index (Phi) is 5.97. The van der Waals surface area contributed by atoms with Gasteiger partial charge in [0.15, 0.2) is 0 Å². The molecular formula is C25H39NO5. The van der Waals surface area contributed by atoms with Crippen molar-refractivity contribution >= 4 is 11.9 Å². The Morgan fingerprint density at radius 2 is 1.48 bits per heavy atom. The molecule has 4 aliphatic carbocycles. The molecule has 6 heteroatoms. The van der Waals surface area contributed by atoms with Gasteiger partial charge in [0.25, 0.3) is 0 Å². The number of nitrogens with zero attached hydrogens (tertiary/aromatic N) is 1. The Morgan fingerprint density at radius 1 is 0.871 bits per heavy atom. The summed E-state index contributed by atoms with van der Waals surface area (Å²) in [6, 6.07) is -0.254. The van der Waals surface area contributed by atoms with Crippen molar-refractivity contribution in [1.29, 1.82) is 0 Å². The van der Waals surface area contributed by atoms with Crippen molar-refractivity contribution in [2.75, 3.05) is 0 Å². The Bertz CT molecular complexity index is 739. The second-order valence-corrected chi connectivity index (χ2v) is 11.3. The summed E-state index contributed by atoms with van der Waals surface area (Å²) in [6.07, 6.45) is 7.27. The van der Waals surface area contributed by atoms with Crippen molar-refractivity contribution in [3.63, 3.8) is 0 Å². The van der Waals surface area contributed by atoms with Crippen LogP contribution in [0.1, 0.15) is 86.0 Å². The van der Waals surface area contributed by atoms with Gasteiger partial charge in [0.05, 0.1) is 6.04 Å². The van der Waals surface area contributed by atoms with Crippen LogP contribution in [0.4, 0.5) is 0 Å². The first-order valence-corrected chi connectivity index (χ1v) is 12.3. The fraction of sp³-hybridized carbons (Fsp3) is 0.920. The van der Waals surface area contributed by atoms with Gasteiger partial charge in [-0.15, -0.1) is 0 Å². The van der Waals surface area contributed by atoms with Gasteiger partial charge in [-0.25, -0.2) is 0 Å². The highest BCUT2D eigenvalue weighted by atomic mass is 16.6. The molecule has 0 bridgehead atoms. The van der Waals surface area contributed by atoms with Gasteiger partial charge in [-0.2, -0.15) is 4.91 Å². The van der Waals surface area contributed by atoms with E-state index in [0.29, 0.717) is 24.2 Å². The van der Waals surface area contributed by atoms with E-state index in [1.165, 1.54) is 33.1 Å². The fourth-order valence-corrected chi connectivity index (χ4v) is 8.74. The van der Waals surface area contributed by atoms with Crippen LogP contribution in [0.3, 0.4) is 0 Å². The largest absolute Gasteiger partial charge is 0.458 e. The summed E-state index contributed by atoms with van der Waals surface area (Å²) in [4.78, 5) is 35.8. The molecule has 4 aliphatic rings. The minimum Gasteiger partial charge on any atom is -0.458 e. The van der Waals surface area contributed by atoms with Crippen LogP contribution in [-0.2, 0) is 19.1 Å². The van der Waals surface area contributed by atoms with Crippen molar-refractivity contribution in [3.8, 4) is 0 Å². The summed E-state index contributed by atoms with van der Waals surface area (Å²) < 4.78 is 12.0. The highest BCUT2D eigenvalue weighted by molar-refractivity contribution is 5.67. The van der Waals surface area contributed by atoms with Crippen LogP contribution in [0, 0.1) is 45.3 Å². The molecule has 174 valence electrons. The number of hydrogen-bond acceptors (Lipinski definition) is 6. The van der Waals surface area contributed by atoms with E-state index in [0.717, 1.165) is 25.7 Å². The fourth-order valence-electron chi connectivity index (χ4n) is 8.74. The zero-order valence-corrected chi connectivity index (χ0v) is 19.8. The number of carbonyl (C=O) groups excluding carboxylic acids is 2. The molecule has 0 saturated heterocycles. The molecule has 0 amide bonds. The predicted molar refractivity (Wildman–Crippen MR) is 117 cm³/mol. The van der Waals surface area contributed by atoms with E-state index in [4.69, 9.17) is 9.47 Å². The summed E-state index contributed by atoms with van der Waals surface area (Å²) in [5, 5.41) is 3.36. The number of nitroso groups, excluding NO2 is 1. The van der Waals surface area contributed by atoms with Crippen LogP contribution in [0.25, 0.3) is 0 Å². The zero-order valence-electron chi connectivity index (χ0n) is 19.8. The summed E-state index contributed by atoms with van der Waals surface area (Å²) in [5.41, 5.74) is 0.216. The number of rotatable bonds is 4. The van der Waals surface area contributed by atoms with Gasteiger partial charge in [0.1, 0.15) is 12.2 Å². The molecule has 0 aromatic heterocycles. The number of hydrogen-bond donors (Lipinski definition) is 0. The quantitative estimate of drug-likeness (QED) is 0.445. The van der Waals surface area contributed by atoms with E-state index in [-0.39, 0.29) is 40.6 Å². The maximum Gasteiger partial charge on any atom is 0.303 e. The van der Waals surface area contributed by atoms with Gasteiger partial charge in [-0.3, -0.25) is 9.59 Å². The maximum atomic E-state index is 12.2. The van der Waals surface area contributed by atoms with Crippen LogP contribution < -0.4 is 0 Å². The van der Waals surface area contributed by atoms with Gasteiger partial charge in [-0.1, -0.05) is 32.4 Å². The Balaban J connectivity index is 1.80. The highest BCUT2D eigenvalue weighted by Crippen LogP contribution is 2.68. The normalized spacial score (nSPS) is 48.7. The number of ether oxygens (including phenoxy) is 2. The van der Waals surface area contributed by atoms with Crippen LogP contribution in [-0.4, -0.2) is 30.2 Å². The van der Waals surface area contributed by atoms with E-state index >= 15 is 0 Å². The van der Waals surface area contributed by atoms with Crippen LogP contribution in [0.2, 0.25) is 0 Å². The molecular weight excluding hydrogens is 394 g/mol. The second kappa shape index (κ2) is 8.15. The minimum absolute atomic E-state index is 0.00817. The number of esters is 2. The van der Waals surface area contributed by atoms with E-state index in [1.807, 2.05) is 0 Å². The van der Waals surface area contributed by atoms with Crippen molar-refractivity contribution in [3.05, 3.63) is 4.91 Å². The first-order valence-electron chi connectivity index (χ1n) is 12.3. The SMILES string of the molecule is CC[C@H]1CCC2C3C(OC(C)=O)C(OC(C)=O)C4CC(N=O)CC[C@]4(C)C3CC[C@@]21C. The Labute approximate surface area is 186 Å². The molecule has 0 aromatic carbocycles. The van der Waals surface area contributed by atoms with Crippen LogP contribution >= 0.6 is 0 Å². The first kappa shape index (κ1) is 22.7. The van der Waals surface area contributed by atoms with E-state index in [2.05, 4.69) is 25.9 Å². The molecule has 0 spiro atoms. The smallest absolute Gasteiger partial charge is 0.303 e. The molecule has 31 heavy (non-hydrogen) atoms. The molecule has 0 N–H and O–H groups in total. The van der Waals surface area contributed by atoms with E-state index in [9.17, 15) is 14.5 Å². The maximum absolute atomic E-state index is 12.2. The summed E-state index contributed by atoms with van der Waals surface area (Å²) >= 11 is 0. The predicted octanol–water partition coefficient (Wildman–Crippen LogP) is 5.27. The van der Waals surface area contributed by atoms with Crippen molar-refractivity contribution in [2.45, 2.75) is 104 Å². The van der Waals surface area contributed by atoms with Crippen molar-refractivity contribution in [2.24, 2.45) is 45.6 Å². The zero-order chi connectivity index (χ0) is 22.6. The molecule has 0 aromatic rings. The van der Waals surface area contributed by atoms with Gasteiger partial charge in [0.2, 0.25) is 0 Å². The van der Waals surface area contributed by atoms with Gasteiger partial charge in [0, 0.05) is 25.7 Å². The van der Waals surface area contributed by atoms with Gasteiger partial charge < -0.3 is 9.47 Å². The lowest BCUT2D eigenvalue weighted by Gasteiger charge is -2.64. The molecule has 10 atom stereocenters. The Morgan fingerprint density at radius 3 is 2.10 bits per heavy atom. The molecule has 0 aliphatic heterocycles. The number of carbonyl (C=O) groups is 2. The third kappa shape index (κ3) is 3.52. The van der Waals surface area contributed by atoms with E-state index < -0.39 is 12.2 Å². The third-order valence-electron chi connectivity index (χ3n) is 10.1. The molecule has 0 radical (unpaired) electrons. The van der Waals surface area contributed by atoms with Gasteiger partial charge in [-0.05, 0) is 73.5 Å². The first-order chi connectivity index (χ1) is 14.7. The van der Waals surface area contributed by atoms with E-state index in [1.54, 1.807) is 0 Å². The second-order valence-electron chi connectivity index (χ2n) is 11.3. The summed E-state index contributed by atoms with van der Waals surface area (Å²) in [5.74, 6) is 1.11. The molecule has 4 saturated carbocycles. The molecule has 4 fully saturated rings. The Hall–Kier alpha value is -1.46. The average Bonchev–Trinajstić information content (AvgIpc) is 3.05. The minimum atomic E-state index is -0.500. The van der Waals surface area contributed by atoms with Gasteiger partial charge >= 0.3 is 11.9 Å². The van der Waals surface area contributed by atoms with Crippen LogP contribution in [0.5, 0.6) is 0 Å². The summed E-state index contributed by atoms with van der Waals surface area (Å²) in [7, 11) is 0. The lowest BCUT2D eigenvalue weighted by atomic mass is 9.43. The lowest BCUT2D eigenvalue weighted by Crippen LogP contribution is -2.65. The standard InChI is InChI=1S/C25H39NO5/c1-6-16-7-8-18-21-19(10-12-24(16,18)4)25(5)11-9-17(26-29)13-20(25)22(30-14(2)27)23(21)31-15(3)28/h16-23H,6-13H2,1-5H3/t16-,17?,18?,19?,20?,21?,22?,23?,24+,25+/m0/s1. The monoisotopic (exact) mass is 433 g/mol. The molecule has 4 rings (SSSR count). The highest BCUT2D eigenvalue weighted by Gasteiger charge is 2.66. The third-order valence-corrected chi connectivity index (χ3v) is 10.1. The van der Waals surface area contributed by atoms with Crippen molar-refractivity contribution in [1.82, 2.24) is 0 Å². The van der Waals surface area contributed by atoms with Crippen molar-refractivity contribution < 1.29 is 19.1 Å². The lowest BCUT2D eigenvalue weighted by molar-refractivity contribution is -0.236. The number of fused-ring (bicyclic) bond motifs is 5. The summed E-state index contributed by atoms with van der Waals surface area (Å²) in [6.45, 7) is 9.96.